The first-order valence-electron chi connectivity index (χ1n) is 10.3. The van der Waals surface area contributed by atoms with Gasteiger partial charge in [0.15, 0.2) is 5.78 Å². The van der Waals surface area contributed by atoms with E-state index in [9.17, 15) is 10.1 Å². The highest BCUT2D eigenvalue weighted by atomic mass is 16.1. The average Bonchev–Trinajstić information content (AvgIpc) is 3.12. The fourth-order valence-corrected chi connectivity index (χ4v) is 5.11. The zero-order valence-electron chi connectivity index (χ0n) is 17.2. The van der Waals surface area contributed by atoms with Crippen molar-refractivity contribution in [2.45, 2.75) is 38.0 Å². The zero-order valence-corrected chi connectivity index (χ0v) is 17.2. The molecule has 1 fully saturated rings. The van der Waals surface area contributed by atoms with Gasteiger partial charge >= 0.3 is 0 Å². The molecule has 0 saturated carbocycles. The Kier molecular flexibility index (Phi) is 3.94. The number of benzene rings is 2. The Balaban J connectivity index is 1.65. The van der Waals surface area contributed by atoms with E-state index < -0.39 is 0 Å². The molecule has 0 unspecified atom stereocenters. The molecule has 0 bridgehead atoms. The molecule has 2 heterocycles. The van der Waals surface area contributed by atoms with Gasteiger partial charge in [-0.3, -0.25) is 4.79 Å². The highest BCUT2D eigenvalue weighted by Gasteiger charge is 2.40. The van der Waals surface area contributed by atoms with Crippen LogP contribution in [0, 0.1) is 11.3 Å². The minimum absolute atomic E-state index is 0.0835. The summed E-state index contributed by atoms with van der Waals surface area (Å²) in [5.41, 5.74) is 6.15. The number of likely N-dealkylation sites (tertiary alicyclic amines) is 1. The zero-order chi connectivity index (χ0) is 20.3. The highest BCUT2D eigenvalue weighted by molar-refractivity contribution is 6.20. The van der Waals surface area contributed by atoms with Crippen molar-refractivity contribution in [3.63, 3.8) is 0 Å². The number of hydrogen-bond donors (Lipinski definition) is 1. The Morgan fingerprint density at radius 3 is 2.62 bits per heavy atom. The van der Waals surface area contributed by atoms with E-state index in [1.165, 1.54) is 5.56 Å². The van der Waals surface area contributed by atoms with Crippen molar-refractivity contribution < 1.29 is 4.79 Å². The maximum absolute atomic E-state index is 13.5. The second kappa shape index (κ2) is 6.30. The first-order chi connectivity index (χ1) is 13.9. The molecule has 146 valence electrons. The normalized spacial score (nSPS) is 19.0. The van der Waals surface area contributed by atoms with Gasteiger partial charge in [0.25, 0.3) is 0 Å². The molecule has 1 saturated heterocycles. The van der Waals surface area contributed by atoms with Crippen molar-refractivity contribution in [1.29, 1.82) is 5.26 Å². The van der Waals surface area contributed by atoms with Gasteiger partial charge in [-0.25, -0.2) is 0 Å². The fraction of sp³-hybridized carbons (Fsp3) is 0.360. The maximum Gasteiger partial charge on any atom is 0.195 e. The first kappa shape index (κ1) is 18.1. The minimum atomic E-state index is -0.300. The van der Waals surface area contributed by atoms with E-state index in [-0.39, 0.29) is 11.2 Å². The van der Waals surface area contributed by atoms with Crippen LogP contribution in [0.15, 0.2) is 36.4 Å². The van der Waals surface area contributed by atoms with Crippen molar-refractivity contribution in [3.05, 3.63) is 69.9 Å². The number of rotatable bonds is 1. The van der Waals surface area contributed by atoms with Crippen LogP contribution in [0.1, 0.15) is 70.9 Å². The van der Waals surface area contributed by atoms with E-state index in [0.29, 0.717) is 11.5 Å². The van der Waals surface area contributed by atoms with Crippen LogP contribution in [0.2, 0.25) is 0 Å². The molecule has 1 aliphatic carbocycles. The molecule has 4 nitrogen and oxygen atoms in total. The van der Waals surface area contributed by atoms with E-state index in [4.69, 9.17) is 0 Å². The number of H-pyrrole nitrogens is 1. The van der Waals surface area contributed by atoms with Crippen molar-refractivity contribution >= 4 is 16.7 Å². The first-order valence-corrected chi connectivity index (χ1v) is 10.3. The number of nitriles is 1. The molecule has 0 spiro atoms. The lowest BCUT2D eigenvalue weighted by Gasteiger charge is -2.34. The number of piperidine rings is 1. The molecule has 3 aromatic rings. The number of carbonyl (C=O) groups excluding carboxylic acids is 1. The molecule has 2 aromatic carbocycles. The van der Waals surface area contributed by atoms with Crippen LogP contribution in [-0.2, 0) is 5.41 Å². The second-order valence-corrected chi connectivity index (χ2v) is 9.08. The summed E-state index contributed by atoms with van der Waals surface area (Å²) in [5.74, 6) is 0.643. The number of fused-ring (bicyclic) bond motifs is 4. The molecule has 29 heavy (non-hydrogen) atoms. The van der Waals surface area contributed by atoms with Crippen molar-refractivity contribution in [3.8, 4) is 6.07 Å². The lowest BCUT2D eigenvalue weighted by molar-refractivity contribution is 0.103. The lowest BCUT2D eigenvalue weighted by atomic mass is 9.70. The standard InChI is InChI=1S/C25H25N3O/c1-25(2)20-13-17(16-8-10-28(3)11-9-16)5-7-18(20)23(29)22-19-6-4-15(14-26)12-21(19)27-24(22)25/h4-7,12-13,16,27H,8-11H2,1-3H3. The third-order valence-electron chi connectivity index (χ3n) is 6.93. The predicted molar refractivity (Wildman–Crippen MR) is 114 cm³/mol. The third-order valence-corrected chi connectivity index (χ3v) is 6.93. The lowest BCUT2D eigenvalue weighted by Crippen LogP contribution is -2.32. The molecule has 0 amide bonds. The SMILES string of the molecule is CN1CCC(c2ccc3c(c2)C(C)(C)c2[nH]c4cc(C#N)ccc4c2C3=O)CC1. The maximum atomic E-state index is 13.5. The number of nitrogens with zero attached hydrogens (tertiary/aromatic N) is 2. The van der Waals surface area contributed by atoms with E-state index >= 15 is 0 Å². The molecule has 2 aliphatic rings. The Hall–Kier alpha value is -2.90. The summed E-state index contributed by atoms with van der Waals surface area (Å²) in [6, 6.07) is 14.2. The molecular formula is C25H25N3O. The second-order valence-electron chi connectivity index (χ2n) is 9.08. The molecule has 0 radical (unpaired) electrons. The quantitative estimate of drug-likeness (QED) is 0.661. The van der Waals surface area contributed by atoms with Crippen LogP contribution >= 0.6 is 0 Å². The van der Waals surface area contributed by atoms with Crippen LogP contribution < -0.4 is 0 Å². The van der Waals surface area contributed by atoms with Crippen LogP contribution in [0.3, 0.4) is 0 Å². The molecule has 5 rings (SSSR count). The van der Waals surface area contributed by atoms with Crippen LogP contribution in [0.4, 0.5) is 0 Å². The summed E-state index contributed by atoms with van der Waals surface area (Å²) in [7, 11) is 2.18. The smallest absolute Gasteiger partial charge is 0.195 e. The summed E-state index contributed by atoms with van der Waals surface area (Å²) in [6.07, 6.45) is 2.33. The summed E-state index contributed by atoms with van der Waals surface area (Å²) in [6.45, 7) is 6.63. The van der Waals surface area contributed by atoms with Gasteiger partial charge in [0.05, 0.1) is 17.2 Å². The average molecular weight is 383 g/mol. The molecule has 0 atom stereocenters. The number of nitrogens with one attached hydrogen (secondary N) is 1. The largest absolute Gasteiger partial charge is 0.357 e. The highest BCUT2D eigenvalue weighted by Crippen LogP contribution is 2.45. The molecule has 1 aliphatic heterocycles. The number of carbonyl (C=O) groups is 1. The van der Waals surface area contributed by atoms with Crippen molar-refractivity contribution in [2.24, 2.45) is 0 Å². The number of ketones is 1. The summed E-state index contributed by atoms with van der Waals surface area (Å²) in [4.78, 5) is 19.3. The van der Waals surface area contributed by atoms with Crippen LogP contribution in [0.25, 0.3) is 10.9 Å². The molecular weight excluding hydrogens is 358 g/mol. The van der Waals surface area contributed by atoms with Gasteiger partial charge in [0, 0.05) is 27.6 Å². The van der Waals surface area contributed by atoms with Gasteiger partial charge in [0.1, 0.15) is 0 Å². The Bertz CT molecular complexity index is 1190. The van der Waals surface area contributed by atoms with E-state index in [0.717, 1.165) is 59.2 Å². The van der Waals surface area contributed by atoms with E-state index in [2.05, 4.69) is 49.0 Å². The summed E-state index contributed by atoms with van der Waals surface area (Å²) < 4.78 is 0. The molecule has 4 heteroatoms. The van der Waals surface area contributed by atoms with E-state index in [1.54, 1.807) is 6.07 Å². The van der Waals surface area contributed by atoms with Gasteiger partial charge in [-0.2, -0.15) is 5.26 Å². The molecule has 1 N–H and O–H groups in total. The Morgan fingerprint density at radius 1 is 1.14 bits per heavy atom. The summed E-state index contributed by atoms with van der Waals surface area (Å²) >= 11 is 0. The minimum Gasteiger partial charge on any atom is -0.357 e. The Labute approximate surface area is 171 Å². The topological polar surface area (TPSA) is 59.9 Å². The van der Waals surface area contributed by atoms with Crippen LogP contribution in [0.5, 0.6) is 0 Å². The number of aromatic nitrogens is 1. The van der Waals surface area contributed by atoms with Gasteiger partial charge in [-0.15, -0.1) is 0 Å². The van der Waals surface area contributed by atoms with Gasteiger partial charge in [-0.05, 0) is 62.2 Å². The summed E-state index contributed by atoms with van der Waals surface area (Å²) in [5, 5.41) is 10.1. The van der Waals surface area contributed by atoms with Gasteiger partial charge < -0.3 is 9.88 Å². The van der Waals surface area contributed by atoms with Crippen molar-refractivity contribution in [2.75, 3.05) is 20.1 Å². The third kappa shape index (κ3) is 2.65. The molecule has 1 aromatic heterocycles. The predicted octanol–water partition coefficient (Wildman–Crippen LogP) is 4.72. The Morgan fingerprint density at radius 2 is 1.90 bits per heavy atom. The van der Waals surface area contributed by atoms with E-state index in [1.807, 2.05) is 18.2 Å². The van der Waals surface area contributed by atoms with Crippen LogP contribution in [-0.4, -0.2) is 35.8 Å². The fourth-order valence-electron chi connectivity index (χ4n) is 5.11. The monoisotopic (exact) mass is 383 g/mol. The van der Waals surface area contributed by atoms with Gasteiger partial charge in [-0.1, -0.05) is 38.1 Å². The number of aromatic amines is 1. The van der Waals surface area contributed by atoms with Crippen molar-refractivity contribution in [1.82, 2.24) is 9.88 Å². The number of hydrogen-bond acceptors (Lipinski definition) is 3. The van der Waals surface area contributed by atoms with Gasteiger partial charge in [0.2, 0.25) is 0 Å².